The summed E-state index contributed by atoms with van der Waals surface area (Å²) >= 11 is 0. The number of aromatic nitrogens is 4. The predicted octanol–water partition coefficient (Wildman–Crippen LogP) is 2.00. The number of nitrogens with zero attached hydrogens (tertiary/aromatic N) is 4. The van der Waals surface area contributed by atoms with E-state index in [-0.39, 0.29) is 11.1 Å². The van der Waals surface area contributed by atoms with Crippen LogP contribution in [0.3, 0.4) is 0 Å². The normalized spacial score (nSPS) is 16.6. The predicted molar refractivity (Wildman–Crippen MR) is 95.7 cm³/mol. The van der Waals surface area contributed by atoms with Gasteiger partial charge in [-0.15, -0.1) is 5.10 Å². The molecule has 1 fully saturated rings. The number of anilines is 1. The van der Waals surface area contributed by atoms with Crippen LogP contribution in [-0.4, -0.2) is 50.7 Å². The Morgan fingerprint density at radius 2 is 2.00 bits per heavy atom. The van der Waals surface area contributed by atoms with Gasteiger partial charge in [-0.05, 0) is 38.9 Å². The molecule has 0 bridgehead atoms. The smallest absolute Gasteiger partial charge is 0.347 e. The van der Waals surface area contributed by atoms with E-state index in [0.29, 0.717) is 11.5 Å². The quantitative estimate of drug-likeness (QED) is 0.819. The second-order valence-electron chi connectivity index (χ2n) is 7.63. The molecule has 1 aliphatic heterocycles. The van der Waals surface area contributed by atoms with Crippen LogP contribution in [0.5, 0.6) is 0 Å². The van der Waals surface area contributed by atoms with Gasteiger partial charge in [0.15, 0.2) is 5.82 Å². The number of hydrogen-bond donors (Lipinski definition) is 2. The molecule has 3 rings (SSSR count). The van der Waals surface area contributed by atoms with Crippen molar-refractivity contribution in [3.8, 4) is 0 Å². The van der Waals surface area contributed by atoms with Crippen LogP contribution in [0, 0.1) is 0 Å². The number of piperidine rings is 1. The van der Waals surface area contributed by atoms with Gasteiger partial charge >= 0.3 is 5.69 Å². The van der Waals surface area contributed by atoms with E-state index < -0.39 is 0 Å². The molecule has 3 heterocycles. The zero-order valence-corrected chi connectivity index (χ0v) is 14.9. The fourth-order valence-corrected chi connectivity index (χ4v) is 3.09. The summed E-state index contributed by atoms with van der Waals surface area (Å²) in [5.41, 5.74) is 1.08. The fourth-order valence-electron chi connectivity index (χ4n) is 3.09. The molecule has 0 unspecified atom stereocenters. The first-order chi connectivity index (χ1) is 11.4. The molecule has 0 atom stereocenters. The van der Waals surface area contributed by atoms with Crippen LogP contribution < -0.4 is 11.0 Å². The Morgan fingerprint density at radius 3 is 2.71 bits per heavy atom. The van der Waals surface area contributed by atoms with Gasteiger partial charge in [0.25, 0.3) is 0 Å². The van der Waals surface area contributed by atoms with Crippen molar-refractivity contribution in [2.75, 3.05) is 31.5 Å². The highest BCUT2D eigenvalue weighted by Gasteiger charge is 2.20. The van der Waals surface area contributed by atoms with Gasteiger partial charge in [0.1, 0.15) is 0 Å². The van der Waals surface area contributed by atoms with E-state index in [2.05, 4.69) is 41.2 Å². The third kappa shape index (κ3) is 3.77. The standard InChI is InChI=1S/C17H28N6O/c1-17(2,3)13-12-23-15(20-21-16(23)24)14(19-13)18-8-7-11-22-9-5-4-6-10-22/h12H,4-11H2,1-3H3,(H,18,19)(H,21,24). The van der Waals surface area contributed by atoms with Crippen molar-refractivity contribution in [2.24, 2.45) is 0 Å². The number of rotatable bonds is 5. The van der Waals surface area contributed by atoms with Gasteiger partial charge in [-0.1, -0.05) is 27.2 Å². The third-order valence-electron chi connectivity index (χ3n) is 4.56. The van der Waals surface area contributed by atoms with Crippen LogP contribution in [0.15, 0.2) is 11.0 Å². The van der Waals surface area contributed by atoms with Crippen molar-refractivity contribution >= 4 is 11.5 Å². The minimum Gasteiger partial charge on any atom is -0.367 e. The number of nitrogens with one attached hydrogen (secondary N) is 2. The summed E-state index contributed by atoms with van der Waals surface area (Å²) in [6, 6.07) is 0. The Kier molecular flexibility index (Phi) is 4.89. The van der Waals surface area contributed by atoms with E-state index in [1.165, 1.54) is 32.4 Å². The van der Waals surface area contributed by atoms with Crippen LogP contribution in [0.25, 0.3) is 5.65 Å². The van der Waals surface area contributed by atoms with Gasteiger partial charge in [-0.2, -0.15) is 0 Å². The first-order valence-corrected chi connectivity index (χ1v) is 8.89. The molecule has 2 aromatic rings. The minimum absolute atomic E-state index is 0.130. The van der Waals surface area contributed by atoms with E-state index in [0.717, 1.165) is 25.2 Å². The van der Waals surface area contributed by atoms with Crippen molar-refractivity contribution < 1.29 is 0 Å². The minimum atomic E-state index is -0.228. The molecule has 0 amide bonds. The maximum absolute atomic E-state index is 11.9. The van der Waals surface area contributed by atoms with Crippen LogP contribution in [0.2, 0.25) is 0 Å². The van der Waals surface area contributed by atoms with Gasteiger partial charge in [-0.3, -0.25) is 0 Å². The van der Waals surface area contributed by atoms with Crippen LogP contribution in [-0.2, 0) is 5.41 Å². The van der Waals surface area contributed by atoms with E-state index >= 15 is 0 Å². The van der Waals surface area contributed by atoms with Crippen LogP contribution in [0.1, 0.15) is 52.1 Å². The second kappa shape index (κ2) is 6.93. The largest absolute Gasteiger partial charge is 0.367 e. The number of fused-ring (bicyclic) bond motifs is 1. The number of likely N-dealkylation sites (tertiary alicyclic amines) is 1. The summed E-state index contributed by atoms with van der Waals surface area (Å²) in [5, 5.41) is 9.98. The molecule has 7 nitrogen and oxygen atoms in total. The molecule has 24 heavy (non-hydrogen) atoms. The summed E-state index contributed by atoms with van der Waals surface area (Å²) in [5.74, 6) is 0.680. The number of aromatic amines is 1. The van der Waals surface area contributed by atoms with Crippen molar-refractivity contribution in [2.45, 2.75) is 51.9 Å². The first-order valence-electron chi connectivity index (χ1n) is 8.89. The molecule has 0 aromatic carbocycles. The second-order valence-corrected chi connectivity index (χ2v) is 7.63. The molecular formula is C17H28N6O. The summed E-state index contributed by atoms with van der Waals surface area (Å²) in [7, 11) is 0. The average Bonchev–Trinajstić information content (AvgIpc) is 2.93. The molecule has 7 heteroatoms. The molecule has 2 N–H and O–H groups in total. The Balaban J connectivity index is 1.70. The SMILES string of the molecule is CC(C)(C)c1cn2c(=O)[nH]nc2c(NCCCN2CCCCC2)n1. The topological polar surface area (TPSA) is 78.3 Å². The lowest BCUT2D eigenvalue weighted by Gasteiger charge is -2.26. The highest BCUT2D eigenvalue weighted by atomic mass is 16.1. The Labute approximate surface area is 142 Å². The molecule has 0 aliphatic carbocycles. The lowest BCUT2D eigenvalue weighted by atomic mass is 9.93. The van der Waals surface area contributed by atoms with Crippen LogP contribution >= 0.6 is 0 Å². The molecule has 132 valence electrons. The zero-order chi connectivity index (χ0) is 17.2. The average molecular weight is 332 g/mol. The van der Waals surface area contributed by atoms with E-state index in [1.54, 1.807) is 10.6 Å². The van der Waals surface area contributed by atoms with Crippen molar-refractivity contribution in [3.05, 3.63) is 22.4 Å². The lowest BCUT2D eigenvalue weighted by Crippen LogP contribution is -2.31. The third-order valence-corrected chi connectivity index (χ3v) is 4.56. The van der Waals surface area contributed by atoms with Crippen LogP contribution in [0.4, 0.5) is 5.82 Å². The maximum atomic E-state index is 11.9. The molecule has 1 aliphatic rings. The monoisotopic (exact) mass is 332 g/mol. The lowest BCUT2D eigenvalue weighted by molar-refractivity contribution is 0.228. The maximum Gasteiger partial charge on any atom is 0.347 e. The van der Waals surface area contributed by atoms with Crippen molar-refractivity contribution in [1.29, 1.82) is 0 Å². The van der Waals surface area contributed by atoms with Gasteiger partial charge in [0.05, 0.1) is 5.69 Å². The van der Waals surface area contributed by atoms with E-state index in [4.69, 9.17) is 4.98 Å². The molecule has 0 spiro atoms. The fraction of sp³-hybridized carbons (Fsp3) is 0.706. The number of hydrogen-bond acceptors (Lipinski definition) is 5. The van der Waals surface area contributed by atoms with Gasteiger partial charge < -0.3 is 10.2 Å². The Bertz CT molecular complexity index is 736. The van der Waals surface area contributed by atoms with Crippen molar-refractivity contribution in [3.63, 3.8) is 0 Å². The summed E-state index contributed by atoms with van der Waals surface area (Å²) in [6.45, 7) is 10.6. The molecule has 0 saturated carbocycles. The van der Waals surface area contributed by atoms with Gasteiger partial charge in [0.2, 0.25) is 5.65 Å². The molecule has 2 aromatic heterocycles. The summed E-state index contributed by atoms with van der Waals surface area (Å²) in [6.07, 6.45) is 6.84. The van der Waals surface area contributed by atoms with Gasteiger partial charge in [-0.25, -0.2) is 19.3 Å². The highest BCUT2D eigenvalue weighted by Crippen LogP contribution is 2.22. The molecule has 1 saturated heterocycles. The zero-order valence-electron chi connectivity index (χ0n) is 14.9. The first kappa shape index (κ1) is 17.0. The number of H-pyrrole nitrogens is 1. The summed E-state index contributed by atoms with van der Waals surface area (Å²) < 4.78 is 1.54. The van der Waals surface area contributed by atoms with E-state index in [1.807, 2.05) is 0 Å². The Hall–Kier alpha value is -1.89. The van der Waals surface area contributed by atoms with Gasteiger partial charge in [0, 0.05) is 18.2 Å². The molecular weight excluding hydrogens is 304 g/mol. The Morgan fingerprint density at radius 1 is 1.25 bits per heavy atom. The summed E-state index contributed by atoms with van der Waals surface area (Å²) in [4.78, 5) is 19.2. The van der Waals surface area contributed by atoms with Crippen molar-refractivity contribution in [1.82, 2.24) is 24.5 Å². The van der Waals surface area contributed by atoms with E-state index in [9.17, 15) is 4.79 Å². The molecule has 0 radical (unpaired) electrons. The highest BCUT2D eigenvalue weighted by molar-refractivity contribution is 5.62.